The van der Waals surface area contributed by atoms with Crippen molar-refractivity contribution in [3.8, 4) is 11.5 Å². The Morgan fingerprint density at radius 2 is 1.61 bits per heavy atom. The summed E-state index contributed by atoms with van der Waals surface area (Å²) in [6.45, 7) is 4.12. The second-order valence-electron chi connectivity index (χ2n) is 6.69. The number of benzene rings is 3. The van der Waals surface area contributed by atoms with Crippen molar-refractivity contribution in [2.45, 2.75) is 19.9 Å². The molecule has 140 valence electrons. The summed E-state index contributed by atoms with van der Waals surface area (Å²) in [5.41, 5.74) is 4.97. The standard InChI is InChI=1S/C23H20FN3O/c1-15-7-6-10-20(16(15)2)25-21(17-11-13-19(24)14-12-17)23-27-26-22(28-23)18-8-4-3-5-9-18/h3-14,21,25H,1-2H3/t21-/m0/s1. The number of nitrogens with one attached hydrogen (secondary N) is 1. The predicted octanol–water partition coefficient (Wildman–Crippen LogP) is 5.69. The van der Waals surface area contributed by atoms with Crippen LogP contribution in [0.15, 0.2) is 77.2 Å². The van der Waals surface area contributed by atoms with E-state index in [0.29, 0.717) is 11.8 Å². The molecule has 0 aliphatic heterocycles. The van der Waals surface area contributed by atoms with Gasteiger partial charge in [0, 0.05) is 11.3 Å². The highest BCUT2D eigenvalue weighted by molar-refractivity contribution is 5.56. The van der Waals surface area contributed by atoms with Gasteiger partial charge in [0.05, 0.1) is 0 Å². The maximum Gasteiger partial charge on any atom is 0.247 e. The number of rotatable bonds is 5. The van der Waals surface area contributed by atoms with E-state index in [1.807, 2.05) is 42.5 Å². The Hall–Kier alpha value is -3.47. The molecule has 1 N–H and O–H groups in total. The second kappa shape index (κ2) is 7.64. The Kier molecular flexibility index (Phi) is 4.89. The first kappa shape index (κ1) is 17.9. The highest BCUT2D eigenvalue weighted by Crippen LogP contribution is 2.30. The number of hydrogen-bond donors (Lipinski definition) is 1. The van der Waals surface area contributed by atoms with Crippen LogP contribution in [0.5, 0.6) is 0 Å². The van der Waals surface area contributed by atoms with Gasteiger partial charge in [-0.05, 0) is 60.9 Å². The molecule has 1 atom stereocenters. The van der Waals surface area contributed by atoms with Gasteiger partial charge < -0.3 is 9.73 Å². The van der Waals surface area contributed by atoms with Crippen LogP contribution in [0.2, 0.25) is 0 Å². The molecule has 4 nitrogen and oxygen atoms in total. The minimum Gasteiger partial charge on any atom is -0.418 e. The van der Waals surface area contributed by atoms with Crippen molar-refractivity contribution in [2.75, 3.05) is 5.32 Å². The highest BCUT2D eigenvalue weighted by atomic mass is 19.1. The number of aryl methyl sites for hydroxylation is 1. The number of halogens is 1. The Morgan fingerprint density at radius 3 is 2.36 bits per heavy atom. The first-order chi connectivity index (χ1) is 13.6. The van der Waals surface area contributed by atoms with E-state index in [-0.39, 0.29) is 5.82 Å². The van der Waals surface area contributed by atoms with Gasteiger partial charge in [0.1, 0.15) is 11.9 Å². The molecule has 5 heteroatoms. The second-order valence-corrected chi connectivity index (χ2v) is 6.69. The maximum atomic E-state index is 13.5. The number of anilines is 1. The van der Waals surface area contributed by atoms with Gasteiger partial charge in [-0.25, -0.2) is 4.39 Å². The van der Waals surface area contributed by atoms with Crippen LogP contribution < -0.4 is 5.32 Å². The molecule has 0 aliphatic carbocycles. The van der Waals surface area contributed by atoms with E-state index in [1.165, 1.54) is 17.7 Å². The van der Waals surface area contributed by atoms with E-state index >= 15 is 0 Å². The zero-order valence-electron chi connectivity index (χ0n) is 15.7. The summed E-state index contributed by atoms with van der Waals surface area (Å²) in [5.74, 6) is 0.585. The average molecular weight is 373 g/mol. The van der Waals surface area contributed by atoms with Crippen LogP contribution in [0.4, 0.5) is 10.1 Å². The third kappa shape index (κ3) is 3.64. The fourth-order valence-corrected chi connectivity index (χ4v) is 3.05. The van der Waals surface area contributed by atoms with Gasteiger partial charge >= 0.3 is 0 Å². The Bertz CT molecular complexity index is 1070. The summed E-state index contributed by atoms with van der Waals surface area (Å²) in [6.07, 6.45) is 0. The quantitative estimate of drug-likeness (QED) is 0.488. The molecule has 0 saturated carbocycles. The van der Waals surface area contributed by atoms with Crippen molar-refractivity contribution < 1.29 is 8.81 Å². The van der Waals surface area contributed by atoms with Gasteiger partial charge in [0.25, 0.3) is 0 Å². The SMILES string of the molecule is Cc1cccc(N[C@@H](c2ccc(F)cc2)c2nnc(-c3ccccc3)o2)c1C. The molecule has 28 heavy (non-hydrogen) atoms. The molecule has 0 unspecified atom stereocenters. The summed E-state index contributed by atoms with van der Waals surface area (Å²) in [7, 11) is 0. The summed E-state index contributed by atoms with van der Waals surface area (Å²) >= 11 is 0. The molecule has 0 amide bonds. The normalized spacial score (nSPS) is 12.0. The predicted molar refractivity (Wildman–Crippen MR) is 108 cm³/mol. The molecular weight excluding hydrogens is 353 g/mol. The first-order valence-corrected chi connectivity index (χ1v) is 9.09. The lowest BCUT2D eigenvalue weighted by molar-refractivity contribution is 0.493. The van der Waals surface area contributed by atoms with Crippen molar-refractivity contribution in [2.24, 2.45) is 0 Å². The molecule has 0 saturated heterocycles. The molecule has 4 rings (SSSR count). The smallest absolute Gasteiger partial charge is 0.247 e. The van der Waals surface area contributed by atoms with E-state index < -0.39 is 6.04 Å². The molecule has 0 aliphatic rings. The molecule has 4 aromatic rings. The number of hydrogen-bond acceptors (Lipinski definition) is 4. The molecule has 0 bridgehead atoms. The van der Waals surface area contributed by atoms with Crippen LogP contribution in [0.3, 0.4) is 0 Å². The van der Waals surface area contributed by atoms with E-state index in [0.717, 1.165) is 22.4 Å². The van der Waals surface area contributed by atoms with Crippen molar-refractivity contribution in [1.29, 1.82) is 0 Å². The van der Waals surface area contributed by atoms with E-state index in [4.69, 9.17) is 4.42 Å². The molecule has 0 fully saturated rings. The molecule has 0 radical (unpaired) electrons. The van der Waals surface area contributed by atoms with Crippen LogP contribution in [0, 0.1) is 19.7 Å². The molecule has 1 aromatic heterocycles. The van der Waals surface area contributed by atoms with Crippen molar-refractivity contribution in [1.82, 2.24) is 10.2 Å². The maximum absolute atomic E-state index is 13.5. The topological polar surface area (TPSA) is 51.0 Å². The van der Waals surface area contributed by atoms with Crippen LogP contribution in [0.1, 0.15) is 28.6 Å². The van der Waals surface area contributed by atoms with Crippen molar-refractivity contribution in [3.05, 3.63) is 101 Å². The van der Waals surface area contributed by atoms with Gasteiger partial charge in [-0.2, -0.15) is 0 Å². The van der Waals surface area contributed by atoms with Crippen molar-refractivity contribution in [3.63, 3.8) is 0 Å². The Morgan fingerprint density at radius 1 is 0.857 bits per heavy atom. The third-order valence-corrected chi connectivity index (χ3v) is 4.82. The largest absolute Gasteiger partial charge is 0.418 e. The summed E-state index contributed by atoms with van der Waals surface area (Å²) < 4.78 is 19.4. The van der Waals surface area contributed by atoms with Gasteiger partial charge in [-0.1, -0.05) is 42.5 Å². The fraction of sp³-hybridized carbons (Fsp3) is 0.130. The average Bonchev–Trinajstić information content (AvgIpc) is 3.21. The van der Waals surface area contributed by atoms with Gasteiger partial charge in [0.2, 0.25) is 11.8 Å². The minimum atomic E-state index is -0.397. The van der Waals surface area contributed by atoms with E-state index in [1.54, 1.807) is 12.1 Å². The van der Waals surface area contributed by atoms with Crippen LogP contribution >= 0.6 is 0 Å². The molecule has 3 aromatic carbocycles. The third-order valence-electron chi connectivity index (χ3n) is 4.82. The van der Waals surface area contributed by atoms with Crippen LogP contribution in [-0.2, 0) is 0 Å². The zero-order valence-corrected chi connectivity index (χ0v) is 15.7. The van der Waals surface area contributed by atoms with Crippen LogP contribution in [-0.4, -0.2) is 10.2 Å². The molecule has 0 spiro atoms. The van der Waals surface area contributed by atoms with Gasteiger partial charge in [-0.15, -0.1) is 10.2 Å². The van der Waals surface area contributed by atoms with Gasteiger partial charge in [0.15, 0.2) is 0 Å². The summed E-state index contributed by atoms with van der Waals surface area (Å²) in [6, 6.07) is 21.6. The van der Waals surface area contributed by atoms with Crippen molar-refractivity contribution >= 4 is 5.69 Å². The highest BCUT2D eigenvalue weighted by Gasteiger charge is 2.22. The lowest BCUT2D eigenvalue weighted by atomic mass is 10.0. The minimum absolute atomic E-state index is 0.287. The first-order valence-electron chi connectivity index (χ1n) is 9.09. The number of nitrogens with zero attached hydrogens (tertiary/aromatic N) is 2. The van der Waals surface area contributed by atoms with Crippen LogP contribution in [0.25, 0.3) is 11.5 Å². The fourth-order valence-electron chi connectivity index (χ4n) is 3.05. The Labute approximate surface area is 163 Å². The van der Waals surface area contributed by atoms with E-state index in [9.17, 15) is 4.39 Å². The van der Waals surface area contributed by atoms with E-state index in [2.05, 4.69) is 35.4 Å². The molecule has 1 heterocycles. The lowest BCUT2D eigenvalue weighted by Crippen LogP contribution is -2.14. The number of aromatic nitrogens is 2. The Balaban J connectivity index is 1.74. The van der Waals surface area contributed by atoms with Gasteiger partial charge in [-0.3, -0.25) is 0 Å². The monoisotopic (exact) mass is 373 g/mol. The summed E-state index contributed by atoms with van der Waals surface area (Å²) in [5, 5.41) is 12.0. The zero-order chi connectivity index (χ0) is 19.5. The summed E-state index contributed by atoms with van der Waals surface area (Å²) in [4.78, 5) is 0. The molecular formula is C23H20FN3O. The lowest BCUT2D eigenvalue weighted by Gasteiger charge is -2.19.